The fraction of sp³-hybridized carbons (Fsp3) is 0.729. The van der Waals surface area contributed by atoms with E-state index in [9.17, 15) is 19.4 Å². The van der Waals surface area contributed by atoms with Gasteiger partial charge in [0.1, 0.15) is 13.2 Å². The Hall–Kier alpha value is -2.06. The molecule has 1 amide bonds. The van der Waals surface area contributed by atoms with Crippen molar-refractivity contribution in [3.05, 3.63) is 72.9 Å². The molecule has 0 fully saturated rings. The van der Waals surface area contributed by atoms with Crippen LogP contribution < -0.4 is 5.32 Å². The van der Waals surface area contributed by atoms with Crippen LogP contribution in [0.3, 0.4) is 0 Å². The molecule has 0 radical (unpaired) electrons. The lowest BCUT2D eigenvalue weighted by Gasteiger charge is -2.25. The van der Waals surface area contributed by atoms with Gasteiger partial charge in [-0.1, -0.05) is 170 Å². The molecule has 0 rings (SSSR count). The number of hydrogen-bond acceptors (Lipinski definition) is 5. The first-order valence-corrected chi connectivity index (χ1v) is 24.3. The number of carbonyl (C=O) groups is 1. The molecule has 0 aromatic carbocycles. The van der Waals surface area contributed by atoms with Crippen LogP contribution in [0.4, 0.5) is 0 Å². The molecule has 57 heavy (non-hydrogen) atoms. The summed E-state index contributed by atoms with van der Waals surface area (Å²) >= 11 is 0. The Bertz CT molecular complexity index is 1160. The maximum absolute atomic E-state index is 12.8. The number of amides is 1. The number of carbonyl (C=O) groups excluding carboxylic acids is 1. The molecular formula is C48H88N2O6P+. The van der Waals surface area contributed by atoms with E-state index in [-0.39, 0.29) is 25.5 Å². The molecule has 0 aromatic heterocycles. The quantitative estimate of drug-likeness (QED) is 0.0246. The first-order valence-electron chi connectivity index (χ1n) is 22.8. The Kier molecular flexibility index (Phi) is 38.0. The van der Waals surface area contributed by atoms with Crippen molar-refractivity contribution in [3.8, 4) is 0 Å². The summed E-state index contributed by atoms with van der Waals surface area (Å²) in [6.07, 6.45) is 52.7. The van der Waals surface area contributed by atoms with Crippen molar-refractivity contribution < 1.29 is 32.9 Å². The number of nitrogens with one attached hydrogen (secondary N) is 1. The maximum atomic E-state index is 12.8. The number of hydrogen-bond donors (Lipinski definition) is 3. The summed E-state index contributed by atoms with van der Waals surface area (Å²) in [5, 5.41) is 13.8. The number of unbranched alkanes of at least 4 members (excludes halogenated alkanes) is 17. The van der Waals surface area contributed by atoms with Gasteiger partial charge in [0.25, 0.3) is 0 Å². The van der Waals surface area contributed by atoms with Gasteiger partial charge in [-0.05, 0) is 70.6 Å². The Balaban J connectivity index is 4.55. The monoisotopic (exact) mass is 820 g/mol. The van der Waals surface area contributed by atoms with Crippen molar-refractivity contribution in [1.29, 1.82) is 0 Å². The Morgan fingerprint density at radius 3 is 1.53 bits per heavy atom. The van der Waals surface area contributed by atoms with E-state index in [0.29, 0.717) is 17.4 Å². The van der Waals surface area contributed by atoms with Gasteiger partial charge in [-0.3, -0.25) is 13.8 Å². The summed E-state index contributed by atoms with van der Waals surface area (Å²) in [7, 11) is 1.51. The van der Waals surface area contributed by atoms with Crippen LogP contribution in [0.5, 0.6) is 0 Å². The van der Waals surface area contributed by atoms with Gasteiger partial charge in [0.05, 0.1) is 39.9 Å². The van der Waals surface area contributed by atoms with E-state index >= 15 is 0 Å². The minimum atomic E-state index is -4.36. The third-order valence-electron chi connectivity index (χ3n) is 9.65. The fourth-order valence-electron chi connectivity index (χ4n) is 5.99. The van der Waals surface area contributed by atoms with Crippen LogP contribution in [0.1, 0.15) is 174 Å². The first kappa shape index (κ1) is 54.9. The van der Waals surface area contributed by atoms with Gasteiger partial charge >= 0.3 is 7.82 Å². The van der Waals surface area contributed by atoms with E-state index in [1.54, 1.807) is 6.08 Å². The Morgan fingerprint density at radius 2 is 1.02 bits per heavy atom. The van der Waals surface area contributed by atoms with Crippen LogP contribution in [0.15, 0.2) is 72.9 Å². The number of aliphatic hydroxyl groups excluding tert-OH is 1. The van der Waals surface area contributed by atoms with Crippen molar-refractivity contribution >= 4 is 13.7 Å². The van der Waals surface area contributed by atoms with Gasteiger partial charge in [-0.15, -0.1) is 0 Å². The predicted molar refractivity (Wildman–Crippen MR) is 244 cm³/mol. The molecule has 0 saturated carbocycles. The molecule has 9 heteroatoms. The predicted octanol–water partition coefficient (Wildman–Crippen LogP) is 12.8. The van der Waals surface area contributed by atoms with E-state index < -0.39 is 20.0 Å². The Morgan fingerprint density at radius 1 is 0.596 bits per heavy atom. The molecule has 0 saturated heterocycles. The summed E-state index contributed by atoms with van der Waals surface area (Å²) in [4.78, 5) is 23.1. The molecule has 8 nitrogen and oxygen atoms in total. The summed E-state index contributed by atoms with van der Waals surface area (Å²) < 4.78 is 23.5. The highest BCUT2D eigenvalue weighted by Crippen LogP contribution is 2.43. The molecule has 3 N–H and O–H groups in total. The zero-order chi connectivity index (χ0) is 42.1. The summed E-state index contributed by atoms with van der Waals surface area (Å²) in [5.74, 6) is -0.244. The lowest BCUT2D eigenvalue weighted by Crippen LogP contribution is -2.45. The van der Waals surface area contributed by atoms with Crippen LogP contribution in [-0.2, 0) is 18.4 Å². The second kappa shape index (κ2) is 39.4. The molecule has 0 aliphatic heterocycles. The van der Waals surface area contributed by atoms with Crippen molar-refractivity contribution in [2.75, 3.05) is 40.9 Å². The number of nitrogens with zero attached hydrogens (tertiary/aromatic N) is 1. The summed E-state index contributed by atoms with van der Waals surface area (Å²) in [6, 6.07) is -0.894. The van der Waals surface area contributed by atoms with E-state index in [2.05, 4.69) is 79.9 Å². The van der Waals surface area contributed by atoms with Crippen molar-refractivity contribution in [1.82, 2.24) is 5.32 Å². The topological polar surface area (TPSA) is 105 Å². The number of aliphatic hydroxyl groups is 1. The molecular weight excluding hydrogens is 732 g/mol. The first-order chi connectivity index (χ1) is 27.5. The van der Waals surface area contributed by atoms with E-state index in [1.807, 2.05) is 27.2 Å². The minimum absolute atomic E-state index is 0.0426. The van der Waals surface area contributed by atoms with Crippen LogP contribution in [0.2, 0.25) is 0 Å². The lowest BCUT2D eigenvalue weighted by atomic mass is 10.1. The number of rotatable bonds is 40. The van der Waals surface area contributed by atoms with Gasteiger partial charge in [0.15, 0.2) is 0 Å². The highest BCUT2D eigenvalue weighted by Gasteiger charge is 2.27. The van der Waals surface area contributed by atoms with Gasteiger partial charge in [-0.25, -0.2) is 4.57 Å². The number of quaternary nitrogens is 1. The van der Waals surface area contributed by atoms with Crippen LogP contribution in [0.25, 0.3) is 0 Å². The maximum Gasteiger partial charge on any atom is 0.472 e. The zero-order valence-corrected chi connectivity index (χ0v) is 38.2. The zero-order valence-electron chi connectivity index (χ0n) is 37.3. The molecule has 0 aliphatic rings. The van der Waals surface area contributed by atoms with Crippen LogP contribution >= 0.6 is 7.82 Å². The second-order valence-corrected chi connectivity index (χ2v) is 17.9. The molecule has 0 bridgehead atoms. The molecule has 1 unspecified atom stereocenters. The summed E-state index contributed by atoms with van der Waals surface area (Å²) in [6.45, 7) is 4.72. The minimum Gasteiger partial charge on any atom is -0.387 e. The van der Waals surface area contributed by atoms with Crippen LogP contribution in [0, 0.1) is 0 Å². The largest absolute Gasteiger partial charge is 0.472 e. The van der Waals surface area contributed by atoms with Crippen molar-refractivity contribution in [2.45, 2.75) is 187 Å². The highest BCUT2D eigenvalue weighted by molar-refractivity contribution is 7.47. The standard InChI is InChI=1S/C48H87N2O6P/c1-6-8-10-12-14-16-18-20-22-23-24-25-26-27-28-30-32-34-36-38-40-42-48(52)49-46(45-56-57(53,54)55-44-43-50(3,4)5)47(51)41-39-37-35-33-31-29-21-19-17-15-13-11-9-7-2/h22-23,25-26,28,30-31,33-34,36,39,41,46-47,51H,6-21,24,27,29,32,35,37-38,40,42-45H2,1-5H3,(H-,49,52,53,54)/p+1/b23-22+,26-25+,30-28+,33-31+,36-34+,41-39+/t46-,47+/m0/s1. The average molecular weight is 820 g/mol. The Labute approximate surface area is 351 Å². The van der Waals surface area contributed by atoms with Gasteiger partial charge in [0, 0.05) is 6.42 Å². The van der Waals surface area contributed by atoms with Gasteiger partial charge in [-0.2, -0.15) is 0 Å². The molecule has 0 aliphatic carbocycles. The normalized spacial score (nSPS) is 15.0. The third-order valence-corrected chi connectivity index (χ3v) is 10.6. The van der Waals surface area contributed by atoms with Crippen LogP contribution in [-0.4, -0.2) is 73.4 Å². The molecule has 3 atom stereocenters. The van der Waals surface area contributed by atoms with Crippen molar-refractivity contribution in [2.24, 2.45) is 0 Å². The van der Waals surface area contributed by atoms with Gasteiger partial charge in [0.2, 0.25) is 5.91 Å². The highest BCUT2D eigenvalue weighted by atomic mass is 31.2. The summed E-state index contributed by atoms with van der Waals surface area (Å²) in [5.41, 5.74) is 0. The molecule has 0 aromatic rings. The number of allylic oxidation sites excluding steroid dienone is 11. The fourth-order valence-corrected chi connectivity index (χ4v) is 6.72. The smallest absolute Gasteiger partial charge is 0.387 e. The van der Waals surface area contributed by atoms with E-state index in [1.165, 1.54) is 103 Å². The third kappa shape index (κ3) is 41.9. The number of phosphoric acid groups is 1. The van der Waals surface area contributed by atoms with Crippen molar-refractivity contribution in [3.63, 3.8) is 0 Å². The molecule has 330 valence electrons. The number of phosphoric ester groups is 1. The molecule has 0 spiro atoms. The average Bonchev–Trinajstić information content (AvgIpc) is 3.16. The lowest BCUT2D eigenvalue weighted by molar-refractivity contribution is -0.870. The van der Waals surface area contributed by atoms with E-state index in [0.717, 1.165) is 44.9 Å². The molecule has 0 heterocycles. The second-order valence-electron chi connectivity index (χ2n) is 16.4. The van der Waals surface area contributed by atoms with E-state index in [4.69, 9.17) is 9.05 Å². The van der Waals surface area contributed by atoms with Gasteiger partial charge < -0.3 is 19.8 Å². The SMILES string of the molecule is CCCCCCCCC/C=C/C/C=C/C/C=C/C/C=C/CCCC(=O)N[C@@H](COP(=O)(O)OCC[N+](C)(C)C)[C@H](O)/C=C/CC/C=C/CCCCCCCCCC. The number of likely N-dealkylation sites (N-methyl/N-ethyl adjacent to an activating group) is 1.